The van der Waals surface area contributed by atoms with Crippen LogP contribution in [0.4, 0.5) is 11.4 Å². The molecule has 0 aromatic heterocycles. The smallest absolute Gasteiger partial charge is 0.0643 e. The monoisotopic (exact) mass is 236 g/mol. The molecule has 86 valence electrons. The maximum atomic E-state index is 6.37. The van der Waals surface area contributed by atoms with Gasteiger partial charge >= 0.3 is 0 Å². The highest BCUT2D eigenvalue weighted by Crippen LogP contribution is 2.35. The number of nitrogens with one attached hydrogen (secondary N) is 1. The number of halogens is 1. The van der Waals surface area contributed by atoms with Gasteiger partial charge in [-0.05, 0) is 43.4 Å². The predicted octanol–water partition coefficient (Wildman–Crippen LogP) is 3.30. The van der Waals surface area contributed by atoms with Crippen LogP contribution in [0.1, 0.15) is 24.8 Å². The van der Waals surface area contributed by atoms with Gasteiger partial charge in [-0.2, -0.15) is 0 Å². The van der Waals surface area contributed by atoms with Gasteiger partial charge in [-0.1, -0.05) is 11.6 Å². The van der Waals surface area contributed by atoms with E-state index in [4.69, 9.17) is 11.6 Å². The summed E-state index contributed by atoms with van der Waals surface area (Å²) in [6, 6.07) is 4.37. The van der Waals surface area contributed by atoms with Gasteiger partial charge in [0.2, 0.25) is 0 Å². The molecule has 2 aliphatic rings. The van der Waals surface area contributed by atoms with Crippen molar-refractivity contribution in [3.63, 3.8) is 0 Å². The van der Waals surface area contributed by atoms with E-state index in [1.54, 1.807) is 0 Å². The molecule has 1 N–H and O–H groups in total. The van der Waals surface area contributed by atoms with Crippen LogP contribution >= 0.6 is 11.6 Å². The van der Waals surface area contributed by atoms with Gasteiger partial charge in [-0.3, -0.25) is 0 Å². The van der Waals surface area contributed by atoms with E-state index in [0.29, 0.717) is 0 Å². The lowest BCUT2D eigenvalue weighted by Gasteiger charge is -2.30. The van der Waals surface area contributed by atoms with E-state index in [-0.39, 0.29) is 0 Å². The second-order valence-corrected chi connectivity index (χ2v) is 5.09. The summed E-state index contributed by atoms with van der Waals surface area (Å²) in [5.41, 5.74) is 3.87. The van der Waals surface area contributed by atoms with Crippen molar-refractivity contribution in [2.24, 2.45) is 0 Å². The van der Waals surface area contributed by atoms with Crippen LogP contribution in [-0.2, 0) is 6.42 Å². The highest BCUT2D eigenvalue weighted by atomic mass is 35.5. The van der Waals surface area contributed by atoms with E-state index in [1.165, 1.54) is 36.2 Å². The minimum absolute atomic E-state index is 0.921. The molecule has 3 rings (SSSR count). The summed E-state index contributed by atoms with van der Waals surface area (Å²) in [6.45, 7) is 3.35. The molecule has 2 nitrogen and oxygen atoms in total. The number of benzene rings is 1. The average Bonchev–Trinajstić information content (AvgIpc) is 2.76. The lowest BCUT2D eigenvalue weighted by Crippen LogP contribution is -2.29. The van der Waals surface area contributed by atoms with Crippen LogP contribution in [0.2, 0.25) is 5.02 Å². The number of fused-ring (bicyclic) bond motifs is 1. The van der Waals surface area contributed by atoms with Gasteiger partial charge in [0.1, 0.15) is 0 Å². The minimum Gasteiger partial charge on any atom is -0.384 e. The minimum atomic E-state index is 0.921. The quantitative estimate of drug-likeness (QED) is 0.805. The number of anilines is 2. The Labute approximate surface area is 102 Å². The molecule has 0 saturated carbocycles. The number of hydrogen-bond donors (Lipinski definition) is 1. The Kier molecular flexibility index (Phi) is 2.68. The zero-order chi connectivity index (χ0) is 11.0. The first-order valence-electron chi connectivity index (χ1n) is 6.16. The average molecular weight is 237 g/mol. The summed E-state index contributed by atoms with van der Waals surface area (Å²) in [6.07, 6.45) is 5.05. The molecular weight excluding hydrogens is 220 g/mol. The molecule has 3 heteroatoms. The molecule has 0 atom stereocenters. The van der Waals surface area contributed by atoms with Crippen LogP contribution in [0.3, 0.4) is 0 Å². The molecule has 0 spiro atoms. The third kappa shape index (κ3) is 1.75. The molecule has 1 fully saturated rings. The highest BCUT2D eigenvalue weighted by molar-refractivity contribution is 6.33. The van der Waals surface area contributed by atoms with E-state index >= 15 is 0 Å². The third-order valence-corrected chi connectivity index (χ3v) is 3.88. The van der Waals surface area contributed by atoms with Crippen molar-refractivity contribution in [3.8, 4) is 0 Å². The van der Waals surface area contributed by atoms with Gasteiger partial charge in [-0.15, -0.1) is 0 Å². The molecule has 0 amide bonds. The van der Waals surface area contributed by atoms with Gasteiger partial charge in [0, 0.05) is 25.3 Å². The molecule has 1 aromatic carbocycles. The fraction of sp³-hybridized carbons (Fsp3) is 0.538. The van der Waals surface area contributed by atoms with Crippen molar-refractivity contribution in [1.82, 2.24) is 0 Å². The van der Waals surface area contributed by atoms with Crippen molar-refractivity contribution < 1.29 is 0 Å². The first-order chi connectivity index (χ1) is 7.84. The summed E-state index contributed by atoms with van der Waals surface area (Å²) in [5, 5.41) is 4.34. The van der Waals surface area contributed by atoms with Crippen molar-refractivity contribution in [2.75, 3.05) is 29.9 Å². The van der Waals surface area contributed by atoms with Crippen molar-refractivity contribution in [3.05, 3.63) is 22.7 Å². The van der Waals surface area contributed by atoms with E-state index in [2.05, 4.69) is 22.3 Å². The van der Waals surface area contributed by atoms with E-state index in [1.807, 2.05) is 0 Å². The molecule has 2 heterocycles. The van der Waals surface area contributed by atoms with E-state index in [9.17, 15) is 0 Å². The molecule has 1 aromatic rings. The number of rotatable bonds is 1. The van der Waals surface area contributed by atoms with Gasteiger partial charge in [-0.25, -0.2) is 0 Å². The normalized spacial score (nSPS) is 19.4. The Morgan fingerprint density at radius 2 is 1.94 bits per heavy atom. The summed E-state index contributed by atoms with van der Waals surface area (Å²) < 4.78 is 0. The SMILES string of the molecule is Clc1cc2c(cc1N1CCCCC1)NCC2. The maximum Gasteiger partial charge on any atom is 0.0643 e. The Morgan fingerprint density at radius 3 is 2.75 bits per heavy atom. The zero-order valence-corrected chi connectivity index (χ0v) is 10.2. The molecule has 2 aliphatic heterocycles. The Morgan fingerprint density at radius 1 is 1.12 bits per heavy atom. The molecule has 1 saturated heterocycles. The van der Waals surface area contributed by atoms with Crippen LogP contribution in [-0.4, -0.2) is 19.6 Å². The standard InChI is InChI=1S/C13H17ClN2/c14-11-8-10-4-5-15-12(10)9-13(11)16-6-2-1-3-7-16/h8-9,15H,1-7H2. The van der Waals surface area contributed by atoms with Gasteiger partial charge in [0.15, 0.2) is 0 Å². The Hall–Kier alpha value is -0.890. The van der Waals surface area contributed by atoms with Crippen molar-refractivity contribution in [1.29, 1.82) is 0 Å². The fourth-order valence-electron chi connectivity index (χ4n) is 2.68. The van der Waals surface area contributed by atoms with Gasteiger partial charge < -0.3 is 10.2 Å². The second kappa shape index (κ2) is 4.17. The summed E-state index contributed by atoms with van der Waals surface area (Å²) in [5.74, 6) is 0. The molecule has 0 radical (unpaired) electrons. The summed E-state index contributed by atoms with van der Waals surface area (Å²) >= 11 is 6.37. The highest BCUT2D eigenvalue weighted by Gasteiger charge is 2.18. The third-order valence-electron chi connectivity index (χ3n) is 3.58. The number of piperidine rings is 1. The Bertz CT molecular complexity index is 397. The lowest BCUT2D eigenvalue weighted by molar-refractivity contribution is 0.578. The fourth-order valence-corrected chi connectivity index (χ4v) is 2.99. The van der Waals surface area contributed by atoms with Gasteiger partial charge in [0.05, 0.1) is 10.7 Å². The molecule has 0 bridgehead atoms. The van der Waals surface area contributed by atoms with Gasteiger partial charge in [0.25, 0.3) is 0 Å². The zero-order valence-electron chi connectivity index (χ0n) is 9.43. The number of nitrogens with zero attached hydrogens (tertiary/aromatic N) is 1. The Balaban J connectivity index is 1.94. The van der Waals surface area contributed by atoms with Crippen LogP contribution in [0.5, 0.6) is 0 Å². The van der Waals surface area contributed by atoms with Crippen molar-refractivity contribution >= 4 is 23.0 Å². The van der Waals surface area contributed by atoms with Crippen LogP contribution < -0.4 is 10.2 Å². The molecule has 0 aliphatic carbocycles. The topological polar surface area (TPSA) is 15.3 Å². The van der Waals surface area contributed by atoms with E-state index < -0.39 is 0 Å². The maximum absolute atomic E-state index is 6.37. The molecule has 16 heavy (non-hydrogen) atoms. The van der Waals surface area contributed by atoms with E-state index in [0.717, 1.165) is 31.1 Å². The van der Waals surface area contributed by atoms with Crippen molar-refractivity contribution in [2.45, 2.75) is 25.7 Å². The van der Waals surface area contributed by atoms with Crippen LogP contribution in [0, 0.1) is 0 Å². The largest absolute Gasteiger partial charge is 0.384 e. The van der Waals surface area contributed by atoms with Crippen LogP contribution in [0.25, 0.3) is 0 Å². The predicted molar refractivity (Wildman–Crippen MR) is 69.7 cm³/mol. The summed E-state index contributed by atoms with van der Waals surface area (Å²) in [7, 11) is 0. The van der Waals surface area contributed by atoms with Crippen LogP contribution in [0.15, 0.2) is 12.1 Å². The second-order valence-electron chi connectivity index (χ2n) is 4.69. The number of hydrogen-bond acceptors (Lipinski definition) is 2. The lowest BCUT2D eigenvalue weighted by atomic mass is 10.1. The summed E-state index contributed by atoms with van der Waals surface area (Å²) in [4.78, 5) is 2.42. The first kappa shape index (κ1) is 10.3. The first-order valence-corrected chi connectivity index (χ1v) is 6.53. The molecular formula is C13H17ClN2. The molecule has 0 unspecified atom stereocenters.